The number of carbonyl (C=O) groups is 1. The first-order chi connectivity index (χ1) is 12.9. The molecular weight excluding hydrogens is 452 g/mol. The molecular formula is C19H16BrClN2O3S. The molecule has 1 saturated heterocycles. The lowest BCUT2D eigenvalue weighted by atomic mass is 10.2. The van der Waals surface area contributed by atoms with Gasteiger partial charge in [-0.2, -0.15) is 0 Å². The monoisotopic (exact) mass is 466 g/mol. The maximum absolute atomic E-state index is 12.6. The number of benzene rings is 2. The summed E-state index contributed by atoms with van der Waals surface area (Å²) in [4.78, 5) is 19.1. The molecule has 8 heteroatoms. The summed E-state index contributed by atoms with van der Waals surface area (Å²) in [7, 11) is 1.68. The first-order valence-corrected chi connectivity index (χ1v) is 10.0. The second-order valence-electron chi connectivity index (χ2n) is 5.63. The Morgan fingerprint density at radius 1 is 1.33 bits per heavy atom. The van der Waals surface area contributed by atoms with Gasteiger partial charge in [0.15, 0.2) is 16.7 Å². The number of nitrogens with zero attached hydrogens (tertiary/aromatic N) is 2. The van der Waals surface area contributed by atoms with Gasteiger partial charge in [0.25, 0.3) is 5.91 Å². The van der Waals surface area contributed by atoms with Crippen molar-refractivity contribution in [2.75, 3.05) is 13.7 Å². The normalized spacial score (nSPS) is 17.2. The summed E-state index contributed by atoms with van der Waals surface area (Å²) in [6.07, 6.45) is 1.75. The average molecular weight is 468 g/mol. The van der Waals surface area contributed by atoms with Gasteiger partial charge in [0.1, 0.15) is 0 Å². The van der Waals surface area contributed by atoms with Gasteiger partial charge >= 0.3 is 0 Å². The Labute approximate surface area is 174 Å². The number of amides is 1. The Bertz CT molecular complexity index is 945. The Hall–Kier alpha value is -1.96. The van der Waals surface area contributed by atoms with Crippen molar-refractivity contribution in [2.24, 2.45) is 4.99 Å². The van der Waals surface area contributed by atoms with Crippen LogP contribution in [0.4, 0.5) is 5.69 Å². The van der Waals surface area contributed by atoms with Gasteiger partial charge in [-0.3, -0.25) is 9.69 Å². The van der Waals surface area contributed by atoms with Crippen molar-refractivity contribution in [3.05, 3.63) is 56.4 Å². The van der Waals surface area contributed by atoms with Crippen LogP contribution in [-0.4, -0.2) is 34.7 Å². The van der Waals surface area contributed by atoms with Gasteiger partial charge in [-0.15, -0.1) is 0 Å². The topological polar surface area (TPSA) is 62.1 Å². The molecule has 0 bridgehead atoms. The summed E-state index contributed by atoms with van der Waals surface area (Å²) in [5.41, 5.74) is 1.45. The quantitative estimate of drug-likeness (QED) is 0.608. The van der Waals surface area contributed by atoms with Gasteiger partial charge in [-0.25, -0.2) is 4.99 Å². The van der Waals surface area contributed by atoms with Crippen LogP contribution in [0.3, 0.4) is 0 Å². The lowest BCUT2D eigenvalue weighted by molar-refractivity contribution is -0.121. The van der Waals surface area contributed by atoms with Crippen LogP contribution in [0.5, 0.6) is 11.5 Å². The minimum atomic E-state index is -0.144. The van der Waals surface area contributed by atoms with Crippen LogP contribution in [-0.2, 0) is 4.79 Å². The van der Waals surface area contributed by atoms with E-state index < -0.39 is 0 Å². The zero-order chi connectivity index (χ0) is 19.6. The summed E-state index contributed by atoms with van der Waals surface area (Å²) >= 11 is 10.5. The minimum Gasteiger partial charge on any atom is -0.503 e. The maximum atomic E-state index is 12.6. The molecule has 1 fully saturated rings. The van der Waals surface area contributed by atoms with Crippen LogP contribution in [0.25, 0.3) is 6.08 Å². The van der Waals surface area contributed by atoms with E-state index in [1.165, 1.54) is 16.7 Å². The number of aliphatic imine (C=N–C) groups is 1. The Morgan fingerprint density at radius 3 is 2.70 bits per heavy atom. The number of amidine groups is 1. The molecule has 1 aliphatic heterocycles. The lowest BCUT2D eigenvalue weighted by Gasteiger charge is -2.09. The SMILES string of the molecule is CCOc1cc(/C=C2/SC(=Nc3ccc(Cl)cc3)N(C)C2=O)cc(Br)c1O. The van der Waals surface area contributed by atoms with Crippen molar-refractivity contribution in [1.29, 1.82) is 0 Å². The highest BCUT2D eigenvalue weighted by Gasteiger charge is 2.30. The van der Waals surface area contributed by atoms with Gasteiger partial charge < -0.3 is 9.84 Å². The van der Waals surface area contributed by atoms with Crippen LogP contribution in [0, 0.1) is 0 Å². The number of rotatable bonds is 4. The van der Waals surface area contributed by atoms with Crippen molar-refractivity contribution in [3.63, 3.8) is 0 Å². The summed E-state index contributed by atoms with van der Waals surface area (Å²) < 4.78 is 5.93. The largest absolute Gasteiger partial charge is 0.503 e. The number of halogens is 2. The highest BCUT2D eigenvalue weighted by molar-refractivity contribution is 9.10. The zero-order valence-electron chi connectivity index (χ0n) is 14.6. The molecule has 0 aromatic heterocycles. The second kappa shape index (κ2) is 8.37. The van der Waals surface area contributed by atoms with E-state index in [4.69, 9.17) is 16.3 Å². The van der Waals surface area contributed by atoms with Crippen LogP contribution in [0.15, 0.2) is 50.8 Å². The molecule has 2 aromatic rings. The third-order valence-electron chi connectivity index (χ3n) is 3.70. The van der Waals surface area contributed by atoms with Crippen molar-refractivity contribution < 1.29 is 14.6 Å². The van der Waals surface area contributed by atoms with Crippen molar-refractivity contribution in [1.82, 2.24) is 4.90 Å². The van der Waals surface area contributed by atoms with Crippen molar-refractivity contribution in [3.8, 4) is 11.5 Å². The van der Waals surface area contributed by atoms with Gasteiger partial charge in [0.2, 0.25) is 0 Å². The molecule has 0 radical (unpaired) electrons. The fourth-order valence-corrected chi connectivity index (χ4v) is 3.94. The maximum Gasteiger partial charge on any atom is 0.266 e. The number of carbonyl (C=O) groups excluding carboxylic acids is 1. The summed E-state index contributed by atoms with van der Waals surface area (Å²) in [6.45, 7) is 2.26. The molecule has 0 unspecified atom stereocenters. The van der Waals surface area contributed by atoms with E-state index in [9.17, 15) is 9.90 Å². The second-order valence-corrected chi connectivity index (χ2v) is 7.93. The molecule has 1 heterocycles. The number of phenolic OH excluding ortho intramolecular Hbond substituents is 1. The predicted molar refractivity (Wildman–Crippen MR) is 114 cm³/mol. The summed E-state index contributed by atoms with van der Waals surface area (Å²) in [5.74, 6) is 0.249. The lowest BCUT2D eigenvalue weighted by Crippen LogP contribution is -2.23. The predicted octanol–water partition coefficient (Wildman–Crippen LogP) is 5.44. The fraction of sp³-hybridized carbons (Fsp3) is 0.158. The third kappa shape index (κ3) is 4.48. The van der Waals surface area contributed by atoms with E-state index in [0.717, 1.165) is 5.56 Å². The molecule has 2 aromatic carbocycles. The van der Waals surface area contributed by atoms with E-state index in [0.29, 0.717) is 37.6 Å². The highest BCUT2D eigenvalue weighted by atomic mass is 79.9. The van der Waals surface area contributed by atoms with Crippen LogP contribution in [0.2, 0.25) is 5.02 Å². The van der Waals surface area contributed by atoms with E-state index in [1.54, 1.807) is 49.5 Å². The number of hydrogen-bond acceptors (Lipinski definition) is 5. The van der Waals surface area contributed by atoms with Crippen LogP contribution < -0.4 is 4.74 Å². The first-order valence-electron chi connectivity index (χ1n) is 8.06. The smallest absolute Gasteiger partial charge is 0.266 e. The summed E-state index contributed by atoms with van der Waals surface area (Å²) in [5, 5.41) is 11.2. The number of phenols is 1. The Kier molecular flexibility index (Phi) is 6.14. The van der Waals surface area contributed by atoms with Crippen LogP contribution >= 0.6 is 39.3 Å². The molecule has 1 amide bonds. The molecule has 5 nitrogen and oxygen atoms in total. The highest BCUT2D eigenvalue weighted by Crippen LogP contribution is 2.38. The van der Waals surface area contributed by atoms with Gasteiger partial charge in [0.05, 0.1) is 21.7 Å². The third-order valence-corrected chi connectivity index (χ3v) is 5.62. The minimum absolute atomic E-state index is 0.0338. The molecule has 27 heavy (non-hydrogen) atoms. The number of hydrogen-bond donors (Lipinski definition) is 1. The molecule has 0 atom stereocenters. The average Bonchev–Trinajstić information content (AvgIpc) is 2.89. The van der Waals surface area contributed by atoms with Crippen LogP contribution in [0.1, 0.15) is 12.5 Å². The van der Waals surface area contributed by atoms with Gasteiger partial charge in [-0.1, -0.05) is 11.6 Å². The molecule has 0 spiro atoms. The number of likely N-dealkylation sites (N-methyl/N-ethyl adjacent to an activating group) is 1. The molecule has 0 aliphatic carbocycles. The molecule has 3 rings (SSSR count). The van der Waals surface area contributed by atoms with E-state index >= 15 is 0 Å². The first kappa shape index (κ1) is 19.8. The number of ether oxygens (including phenoxy) is 1. The van der Waals surface area contributed by atoms with E-state index in [-0.39, 0.29) is 11.7 Å². The fourth-order valence-electron chi connectivity index (χ4n) is 2.37. The standard InChI is InChI=1S/C19H16BrClN2O3S/c1-3-26-15-9-11(8-14(20)17(15)24)10-16-18(25)23(2)19(27-16)22-13-6-4-12(21)5-7-13/h4-10,24H,3H2,1-2H3/b16-10+,22-19?. The number of aromatic hydroxyl groups is 1. The summed E-state index contributed by atoms with van der Waals surface area (Å²) in [6, 6.07) is 10.5. The van der Waals surface area contributed by atoms with E-state index in [1.807, 2.05) is 6.92 Å². The Morgan fingerprint density at radius 2 is 2.04 bits per heavy atom. The van der Waals surface area contributed by atoms with E-state index in [2.05, 4.69) is 20.9 Å². The van der Waals surface area contributed by atoms with Gasteiger partial charge in [-0.05, 0) is 82.7 Å². The number of thioether (sulfide) groups is 1. The van der Waals surface area contributed by atoms with Crippen molar-refractivity contribution in [2.45, 2.75) is 6.92 Å². The zero-order valence-corrected chi connectivity index (χ0v) is 17.7. The molecule has 1 N–H and O–H groups in total. The Balaban J connectivity index is 1.91. The molecule has 140 valence electrons. The molecule has 1 aliphatic rings. The van der Waals surface area contributed by atoms with Crippen molar-refractivity contribution >= 4 is 62.1 Å². The van der Waals surface area contributed by atoms with Gasteiger partial charge in [0, 0.05) is 12.1 Å². The molecule has 0 saturated carbocycles.